The fourth-order valence-electron chi connectivity index (χ4n) is 6.17. The Labute approximate surface area is 223 Å². The van der Waals surface area contributed by atoms with Crippen molar-refractivity contribution in [1.29, 1.82) is 0 Å². The first-order valence-electron chi connectivity index (χ1n) is 13.8. The number of aromatic nitrogens is 2. The molecule has 9 nitrogen and oxygen atoms in total. The van der Waals surface area contributed by atoms with Gasteiger partial charge in [0.1, 0.15) is 12.2 Å². The molecule has 3 heterocycles. The highest BCUT2D eigenvalue weighted by Gasteiger charge is 2.66. The van der Waals surface area contributed by atoms with E-state index in [1.54, 1.807) is 9.58 Å². The maximum Gasteiger partial charge on any atom is 0.245 e. The lowest BCUT2D eigenvalue weighted by Gasteiger charge is -2.26. The van der Waals surface area contributed by atoms with Gasteiger partial charge in [-0.2, -0.15) is 5.10 Å². The molecular formula is C29H39N5O4. The van der Waals surface area contributed by atoms with Crippen molar-refractivity contribution in [2.45, 2.75) is 84.6 Å². The zero-order chi connectivity index (χ0) is 27.0. The summed E-state index contributed by atoms with van der Waals surface area (Å²) in [5, 5.41) is 12.3. The van der Waals surface area contributed by atoms with Crippen molar-refractivity contribution in [3.63, 3.8) is 0 Å². The van der Waals surface area contributed by atoms with Gasteiger partial charge in [0, 0.05) is 48.5 Å². The van der Waals surface area contributed by atoms with Crippen LogP contribution in [0, 0.1) is 5.41 Å². The number of Topliss-reactive ketones (excluding diaryl/α,β-unsaturated/α-hetero) is 2. The van der Waals surface area contributed by atoms with E-state index in [0.717, 1.165) is 41.5 Å². The van der Waals surface area contributed by atoms with Gasteiger partial charge in [-0.3, -0.25) is 19.1 Å². The molecule has 0 spiro atoms. The van der Waals surface area contributed by atoms with Crippen LogP contribution in [0.1, 0.15) is 69.4 Å². The molecule has 2 bridgehead atoms. The molecule has 38 heavy (non-hydrogen) atoms. The van der Waals surface area contributed by atoms with Crippen LogP contribution in [-0.2, 0) is 27.4 Å². The van der Waals surface area contributed by atoms with Crippen molar-refractivity contribution < 1.29 is 19.1 Å². The number of nitrogens with zero attached hydrogens (tertiary/aromatic N) is 3. The number of carbonyl (C=O) groups excluding carboxylic acids is 3. The van der Waals surface area contributed by atoms with E-state index in [-0.39, 0.29) is 41.5 Å². The quantitative estimate of drug-likeness (QED) is 0.459. The van der Waals surface area contributed by atoms with Crippen LogP contribution in [0.25, 0.3) is 10.9 Å². The first-order chi connectivity index (χ1) is 18.2. The third-order valence-electron chi connectivity index (χ3n) is 8.00. The summed E-state index contributed by atoms with van der Waals surface area (Å²) in [6, 6.07) is 3.82. The summed E-state index contributed by atoms with van der Waals surface area (Å²) in [4.78, 5) is 41.2. The lowest BCUT2D eigenvalue weighted by molar-refractivity contribution is -0.139. The second-order valence-corrected chi connectivity index (χ2v) is 11.3. The number of nitrogens with one attached hydrogen (secondary N) is 2. The molecule has 1 aliphatic carbocycles. The fourth-order valence-corrected chi connectivity index (χ4v) is 6.17. The highest BCUT2D eigenvalue weighted by molar-refractivity contribution is 6.06. The molecule has 0 radical (unpaired) electrons. The Hall–Kier alpha value is -3.04. The Bertz CT molecular complexity index is 1280. The van der Waals surface area contributed by atoms with Gasteiger partial charge in [0.05, 0.1) is 24.8 Å². The molecule has 3 atom stereocenters. The van der Waals surface area contributed by atoms with Gasteiger partial charge in [0.2, 0.25) is 5.91 Å². The van der Waals surface area contributed by atoms with Crippen molar-refractivity contribution in [3.8, 4) is 0 Å². The molecule has 204 valence electrons. The molecular weight excluding hydrogens is 482 g/mol. The second-order valence-electron chi connectivity index (χ2n) is 11.3. The van der Waals surface area contributed by atoms with Gasteiger partial charge in [-0.1, -0.05) is 19.1 Å². The van der Waals surface area contributed by atoms with E-state index in [4.69, 9.17) is 4.74 Å². The zero-order valence-corrected chi connectivity index (χ0v) is 22.9. The summed E-state index contributed by atoms with van der Waals surface area (Å²) in [5.41, 5.74) is 2.88. The summed E-state index contributed by atoms with van der Waals surface area (Å²) < 4.78 is 7.66. The van der Waals surface area contributed by atoms with E-state index >= 15 is 0 Å². The molecule has 2 fully saturated rings. The van der Waals surface area contributed by atoms with Crippen molar-refractivity contribution >= 4 is 34.1 Å². The molecule has 0 unspecified atom stereocenters. The van der Waals surface area contributed by atoms with Gasteiger partial charge in [0.25, 0.3) is 0 Å². The van der Waals surface area contributed by atoms with E-state index in [1.807, 2.05) is 19.1 Å². The van der Waals surface area contributed by atoms with Crippen LogP contribution in [0.15, 0.2) is 24.3 Å². The number of hydrogen-bond acceptors (Lipinski definition) is 7. The number of carbonyl (C=O) groups is 3. The zero-order valence-electron chi connectivity index (χ0n) is 22.9. The molecule has 2 aromatic rings. The second kappa shape index (κ2) is 10.6. The average molecular weight is 522 g/mol. The Morgan fingerprint density at radius 1 is 1.26 bits per heavy atom. The van der Waals surface area contributed by atoms with Gasteiger partial charge < -0.3 is 20.3 Å². The van der Waals surface area contributed by atoms with Crippen LogP contribution in [0.3, 0.4) is 0 Å². The average Bonchev–Trinajstić information content (AvgIpc) is 3.27. The van der Waals surface area contributed by atoms with Crippen LogP contribution in [0.5, 0.6) is 0 Å². The largest absolute Gasteiger partial charge is 0.383 e. The number of piperidine rings is 1. The normalized spacial score (nSPS) is 26.8. The Kier molecular flexibility index (Phi) is 7.42. The number of benzene rings is 1. The van der Waals surface area contributed by atoms with E-state index in [2.05, 4.69) is 41.7 Å². The summed E-state index contributed by atoms with van der Waals surface area (Å²) in [6.45, 7) is 9.91. The van der Waals surface area contributed by atoms with Crippen molar-refractivity contribution in [1.82, 2.24) is 20.0 Å². The standard InChI is InChI=1S/C29H39N5O4/c1-5-24(36)23-13-29-14-25(29)34(23)26(37)16-33-28-20(15-30-9-7-6-8-10-38-17-29)11-21(31-18(2)3)12-22(28)27(32-33)19(4)35/h6,8,11-12,18,23,25,30-31H,5,7,9-10,13-17H2,1-4H3/b8-6-/t23-,25+,29-/m0/s1. The van der Waals surface area contributed by atoms with Crippen LogP contribution in [-0.4, -0.2) is 70.0 Å². The molecule has 1 saturated heterocycles. The first kappa shape index (κ1) is 26.6. The van der Waals surface area contributed by atoms with E-state index < -0.39 is 6.04 Å². The third kappa shape index (κ3) is 5.01. The molecule has 1 amide bonds. The Balaban J connectivity index is 1.58. The topological polar surface area (TPSA) is 106 Å². The van der Waals surface area contributed by atoms with Crippen LogP contribution in [0.4, 0.5) is 5.69 Å². The summed E-state index contributed by atoms with van der Waals surface area (Å²) in [7, 11) is 0. The Morgan fingerprint density at radius 3 is 2.82 bits per heavy atom. The van der Waals surface area contributed by atoms with E-state index in [0.29, 0.717) is 38.3 Å². The van der Waals surface area contributed by atoms with E-state index in [1.165, 1.54) is 6.92 Å². The smallest absolute Gasteiger partial charge is 0.245 e. The fraction of sp³-hybridized carbons (Fsp3) is 0.586. The van der Waals surface area contributed by atoms with E-state index in [9.17, 15) is 14.4 Å². The SMILES string of the molecule is CCC(=O)[C@@H]1C[C@]23COC/C=C\CCNCc4cc(NC(C)C)cc5c(C(C)=O)nn(c45)CC(=O)N1[C@@H]2C3. The van der Waals surface area contributed by atoms with Crippen LogP contribution >= 0.6 is 0 Å². The lowest BCUT2D eigenvalue weighted by atomic mass is 9.97. The van der Waals surface area contributed by atoms with Gasteiger partial charge >= 0.3 is 0 Å². The highest BCUT2D eigenvalue weighted by atomic mass is 16.5. The minimum absolute atomic E-state index is 0.00671. The number of hydrogen-bond donors (Lipinski definition) is 2. The molecule has 5 rings (SSSR count). The third-order valence-corrected chi connectivity index (χ3v) is 8.00. The number of amides is 1. The van der Waals surface area contributed by atoms with Crippen molar-refractivity contribution in [2.75, 3.05) is 25.1 Å². The van der Waals surface area contributed by atoms with Gasteiger partial charge in [-0.25, -0.2) is 0 Å². The number of ketones is 2. The highest BCUT2D eigenvalue weighted by Crippen LogP contribution is 2.60. The molecule has 1 aromatic carbocycles. The van der Waals surface area contributed by atoms with Gasteiger partial charge in [-0.05, 0) is 57.4 Å². The molecule has 2 N–H and O–H groups in total. The maximum atomic E-state index is 13.9. The van der Waals surface area contributed by atoms with Crippen LogP contribution < -0.4 is 10.6 Å². The maximum absolute atomic E-state index is 13.9. The lowest BCUT2D eigenvalue weighted by Crippen LogP contribution is -2.44. The number of rotatable bonds is 5. The minimum atomic E-state index is -0.429. The number of ether oxygens (including phenoxy) is 1. The van der Waals surface area contributed by atoms with Gasteiger partial charge in [-0.15, -0.1) is 0 Å². The molecule has 3 aliphatic rings. The summed E-state index contributed by atoms with van der Waals surface area (Å²) >= 11 is 0. The predicted octanol–water partition coefficient (Wildman–Crippen LogP) is 3.46. The monoisotopic (exact) mass is 521 g/mol. The Morgan fingerprint density at radius 2 is 2.08 bits per heavy atom. The molecule has 1 aromatic heterocycles. The van der Waals surface area contributed by atoms with Crippen LogP contribution in [0.2, 0.25) is 0 Å². The van der Waals surface area contributed by atoms with Crippen molar-refractivity contribution in [2.24, 2.45) is 5.41 Å². The summed E-state index contributed by atoms with van der Waals surface area (Å²) in [6.07, 6.45) is 6.92. The minimum Gasteiger partial charge on any atom is -0.383 e. The molecule has 9 heteroatoms. The molecule has 2 aliphatic heterocycles. The number of anilines is 1. The molecule has 1 saturated carbocycles. The predicted molar refractivity (Wildman–Crippen MR) is 146 cm³/mol. The van der Waals surface area contributed by atoms with Gasteiger partial charge in [0.15, 0.2) is 11.6 Å². The first-order valence-corrected chi connectivity index (χ1v) is 13.8. The van der Waals surface area contributed by atoms with Crippen molar-refractivity contribution in [3.05, 3.63) is 35.5 Å². The summed E-state index contributed by atoms with van der Waals surface area (Å²) in [5.74, 6) is -0.191.